The topological polar surface area (TPSA) is 75.6 Å². The van der Waals surface area contributed by atoms with Crippen LogP contribution in [0.3, 0.4) is 0 Å². The van der Waals surface area contributed by atoms with Crippen molar-refractivity contribution in [3.63, 3.8) is 0 Å². The number of aryl methyl sites for hydroxylation is 1. The first-order valence-corrected chi connectivity index (χ1v) is 14.4. The third-order valence-electron chi connectivity index (χ3n) is 6.96. The molecular formula is C34H33Cl2NO4. The Morgan fingerprint density at radius 1 is 0.878 bits per heavy atom. The third-order valence-corrected chi connectivity index (χ3v) is 7.52. The van der Waals surface area contributed by atoms with Gasteiger partial charge in [0.05, 0.1) is 11.4 Å². The van der Waals surface area contributed by atoms with Gasteiger partial charge in [-0.15, -0.1) is 0 Å². The van der Waals surface area contributed by atoms with Gasteiger partial charge in [-0.3, -0.25) is 9.59 Å². The summed E-state index contributed by atoms with van der Waals surface area (Å²) in [6.45, 7) is 4.26. The Hall–Kier alpha value is -3.80. The SMILES string of the molecule is CCC[C@H](c1ccc(C(=O)NCCC(=O)O)cc1)[C@@H](Oc1ccc(-c2ccc(C)cc2)c(Cl)c1)c1ccc(Cl)cc1. The number of carboxylic acid groups (broad SMARTS) is 1. The van der Waals surface area contributed by atoms with Crippen LogP contribution < -0.4 is 10.1 Å². The fourth-order valence-corrected chi connectivity index (χ4v) is 5.19. The van der Waals surface area contributed by atoms with Crippen molar-refractivity contribution in [3.8, 4) is 16.9 Å². The zero-order chi connectivity index (χ0) is 29.4. The van der Waals surface area contributed by atoms with Crippen LogP contribution in [0.4, 0.5) is 0 Å². The number of rotatable bonds is 12. The van der Waals surface area contributed by atoms with E-state index < -0.39 is 5.97 Å². The van der Waals surface area contributed by atoms with Crippen LogP contribution in [0.25, 0.3) is 11.1 Å². The first kappa shape index (κ1) is 30.2. The largest absolute Gasteiger partial charge is 0.485 e. The molecule has 4 rings (SSSR count). The second kappa shape index (κ2) is 14.2. The lowest BCUT2D eigenvalue weighted by Gasteiger charge is -2.29. The number of carboxylic acids is 1. The molecule has 0 aliphatic carbocycles. The minimum Gasteiger partial charge on any atom is -0.485 e. The number of hydrogen-bond donors (Lipinski definition) is 2. The maximum absolute atomic E-state index is 12.5. The average Bonchev–Trinajstić information content (AvgIpc) is 2.96. The van der Waals surface area contributed by atoms with Gasteiger partial charge in [0, 0.05) is 28.6 Å². The van der Waals surface area contributed by atoms with Gasteiger partial charge in [-0.05, 0) is 72.5 Å². The van der Waals surface area contributed by atoms with Gasteiger partial charge >= 0.3 is 5.97 Å². The zero-order valence-corrected chi connectivity index (χ0v) is 24.6. The lowest BCUT2D eigenvalue weighted by Crippen LogP contribution is -2.26. The molecule has 1 amide bonds. The number of hydrogen-bond acceptors (Lipinski definition) is 3. The monoisotopic (exact) mass is 589 g/mol. The molecular weight excluding hydrogens is 557 g/mol. The van der Waals surface area contributed by atoms with Crippen LogP contribution in [-0.4, -0.2) is 23.5 Å². The number of ether oxygens (including phenoxy) is 1. The lowest BCUT2D eigenvalue weighted by molar-refractivity contribution is -0.136. The predicted molar refractivity (Wildman–Crippen MR) is 165 cm³/mol. The Morgan fingerprint density at radius 2 is 1.54 bits per heavy atom. The minimum atomic E-state index is -0.956. The summed E-state index contributed by atoms with van der Waals surface area (Å²) in [5.74, 6) is -0.636. The van der Waals surface area contributed by atoms with Gasteiger partial charge in [0.2, 0.25) is 0 Å². The Bertz CT molecular complexity index is 1470. The van der Waals surface area contributed by atoms with E-state index in [1.165, 1.54) is 5.56 Å². The summed E-state index contributed by atoms with van der Waals surface area (Å²) in [6.07, 6.45) is 1.29. The zero-order valence-electron chi connectivity index (χ0n) is 23.1. The van der Waals surface area contributed by atoms with E-state index in [0.29, 0.717) is 21.4 Å². The Balaban J connectivity index is 1.63. The fourth-order valence-electron chi connectivity index (χ4n) is 4.79. The van der Waals surface area contributed by atoms with E-state index in [1.807, 2.05) is 54.6 Å². The van der Waals surface area contributed by atoms with Crippen molar-refractivity contribution in [3.05, 3.63) is 123 Å². The van der Waals surface area contributed by atoms with Gasteiger partial charge in [0.1, 0.15) is 11.9 Å². The molecule has 0 fully saturated rings. The second-order valence-electron chi connectivity index (χ2n) is 10.0. The summed E-state index contributed by atoms with van der Waals surface area (Å²) in [5, 5.41) is 12.7. The quantitative estimate of drug-likeness (QED) is 0.173. The Labute approximate surface area is 251 Å². The molecule has 7 heteroatoms. The highest BCUT2D eigenvalue weighted by Gasteiger charge is 2.27. The number of amides is 1. The van der Waals surface area contributed by atoms with E-state index in [4.69, 9.17) is 33.0 Å². The highest BCUT2D eigenvalue weighted by molar-refractivity contribution is 6.33. The van der Waals surface area contributed by atoms with Crippen LogP contribution in [0.15, 0.2) is 91.0 Å². The molecule has 0 aromatic heterocycles. The van der Waals surface area contributed by atoms with Gasteiger partial charge in [-0.25, -0.2) is 0 Å². The molecule has 0 radical (unpaired) electrons. The molecule has 0 spiro atoms. The van der Waals surface area contributed by atoms with Crippen molar-refractivity contribution in [1.82, 2.24) is 5.32 Å². The second-order valence-corrected chi connectivity index (χ2v) is 10.9. The number of benzene rings is 4. The predicted octanol–water partition coefficient (Wildman–Crippen LogP) is 8.88. The molecule has 2 N–H and O–H groups in total. The van der Waals surface area contributed by atoms with Crippen molar-refractivity contribution < 1.29 is 19.4 Å². The number of carbonyl (C=O) groups excluding carboxylic acids is 1. The van der Waals surface area contributed by atoms with Gasteiger partial charge in [0.15, 0.2) is 0 Å². The van der Waals surface area contributed by atoms with E-state index >= 15 is 0 Å². The van der Waals surface area contributed by atoms with Gasteiger partial charge < -0.3 is 15.2 Å². The van der Waals surface area contributed by atoms with Crippen molar-refractivity contribution in [1.29, 1.82) is 0 Å². The maximum Gasteiger partial charge on any atom is 0.305 e. The number of aliphatic carboxylic acids is 1. The summed E-state index contributed by atoms with van der Waals surface area (Å²) < 4.78 is 6.69. The molecule has 0 heterocycles. The van der Waals surface area contributed by atoms with Gasteiger partial charge in [-0.1, -0.05) is 90.6 Å². The van der Waals surface area contributed by atoms with Crippen LogP contribution in [0.2, 0.25) is 10.0 Å². The molecule has 0 aliphatic rings. The summed E-state index contributed by atoms with van der Waals surface area (Å²) in [7, 11) is 0. The van der Waals surface area contributed by atoms with Gasteiger partial charge in [-0.2, -0.15) is 0 Å². The first-order valence-electron chi connectivity index (χ1n) is 13.6. The lowest BCUT2D eigenvalue weighted by atomic mass is 9.85. The van der Waals surface area contributed by atoms with E-state index in [0.717, 1.165) is 35.1 Å². The summed E-state index contributed by atoms with van der Waals surface area (Å²) >= 11 is 13.0. The van der Waals surface area contributed by atoms with Crippen molar-refractivity contribution in [2.45, 2.75) is 45.1 Å². The molecule has 4 aromatic rings. The highest BCUT2D eigenvalue weighted by Crippen LogP contribution is 2.40. The Morgan fingerprint density at radius 3 is 2.15 bits per heavy atom. The molecule has 41 heavy (non-hydrogen) atoms. The maximum atomic E-state index is 12.5. The molecule has 2 atom stereocenters. The van der Waals surface area contributed by atoms with E-state index in [2.05, 4.69) is 43.4 Å². The molecule has 4 aromatic carbocycles. The standard InChI is InChI=1S/C34H33Cl2NO4/c1-3-4-30(24-9-11-26(12-10-24)34(40)37-20-19-32(38)39)33(25-13-15-27(35)16-14-25)41-28-17-18-29(31(36)21-28)23-7-5-22(2)6-8-23/h5-18,21,30,33H,3-4,19-20H2,1-2H3,(H,37,40)(H,38,39)/t30-,33+/m1/s1. The van der Waals surface area contributed by atoms with Crippen LogP contribution in [-0.2, 0) is 4.79 Å². The minimum absolute atomic E-state index is 0.0270. The highest BCUT2D eigenvalue weighted by atomic mass is 35.5. The van der Waals surface area contributed by atoms with Crippen LogP contribution >= 0.6 is 23.2 Å². The molecule has 212 valence electrons. The molecule has 0 saturated carbocycles. The fraction of sp³-hybridized carbons (Fsp3) is 0.235. The van der Waals surface area contributed by atoms with E-state index in [9.17, 15) is 9.59 Å². The molecule has 0 unspecified atom stereocenters. The van der Waals surface area contributed by atoms with E-state index in [1.54, 1.807) is 12.1 Å². The number of halogens is 2. The van der Waals surface area contributed by atoms with E-state index in [-0.39, 0.29) is 30.9 Å². The third kappa shape index (κ3) is 8.12. The first-order chi connectivity index (χ1) is 19.7. The smallest absolute Gasteiger partial charge is 0.305 e. The van der Waals surface area contributed by atoms with Crippen molar-refractivity contribution >= 4 is 35.1 Å². The molecule has 0 saturated heterocycles. The molecule has 0 aliphatic heterocycles. The molecule has 5 nitrogen and oxygen atoms in total. The molecule has 0 bridgehead atoms. The summed E-state index contributed by atoms with van der Waals surface area (Å²) in [5.41, 5.74) is 5.63. The summed E-state index contributed by atoms with van der Waals surface area (Å²) in [4.78, 5) is 23.2. The van der Waals surface area contributed by atoms with Crippen LogP contribution in [0.1, 0.15) is 65.3 Å². The van der Waals surface area contributed by atoms with Crippen molar-refractivity contribution in [2.24, 2.45) is 0 Å². The Kier molecular flexibility index (Phi) is 10.4. The van der Waals surface area contributed by atoms with Crippen LogP contribution in [0.5, 0.6) is 5.75 Å². The average molecular weight is 591 g/mol. The van der Waals surface area contributed by atoms with Crippen molar-refractivity contribution in [2.75, 3.05) is 6.54 Å². The number of carbonyl (C=O) groups is 2. The van der Waals surface area contributed by atoms with Crippen LogP contribution in [0, 0.1) is 6.92 Å². The normalized spacial score (nSPS) is 12.4. The summed E-state index contributed by atoms with van der Waals surface area (Å²) in [6, 6.07) is 29.1. The van der Waals surface area contributed by atoms with Gasteiger partial charge in [0.25, 0.3) is 5.91 Å². The number of nitrogens with one attached hydrogen (secondary N) is 1.